The summed E-state index contributed by atoms with van der Waals surface area (Å²) in [5.74, 6) is -2.66. The molecule has 11 heteroatoms. The van der Waals surface area contributed by atoms with Crippen molar-refractivity contribution in [2.24, 2.45) is 0 Å². The monoisotopic (exact) mass is 405 g/mol. The molecule has 1 unspecified atom stereocenters. The summed E-state index contributed by atoms with van der Waals surface area (Å²) in [7, 11) is -4.07. The third-order valence-corrected chi connectivity index (χ3v) is 6.55. The number of carboxylic acids is 2. The Morgan fingerprint density at radius 3 is 2.45 bits per heavy atom. The molecule has 1 heterocycles. The summed E-state index contributed by atoms with van der Waals surface area (Å²) in [6, 6.07) is -0.342. The molecule has 0 saturated carbocycles. The number of nitrogens with one attached hydrogen (secondary N) is 1. The fraction of sp³-hybridized carbons (Fsp3) is 0.333. The van der Waals surface area contributed by atoms with Crippen molar-refractivity contribution in [3.63, 3.8) is 0 Å². The Balaban J connectivity index is 2.91. The van der Waals surface area contributed by atoms with Gasteiger partial charge in [-0.05, 0) is 28.4 Å². The van der Waals surface area contributed by atoms with Gasteiger partial charge >= 0.3 is 11.9 Å². The number of sulfonamides is 1. The van der Waals surface area contributed by atoms with Crippen molar-refractivity contribution in [1.82, 2.24) is 4.72 Å². The molecule has 1 rings (SSSR count). The summed E-state index contributed by atoms with van der Waals surface area (Å²) in [5, 5.41) is 17.6. The van der Waals surface area contributed by atoms with Crippen LogP contribution in [0.5, 0.6) is 0 Å². The van der Waals surface area contributed by atoms with Gasteiger partial charge in [-0.1, -0.05) is 11.6 Å². The van der Waals surface area contributed by atoms with Crippen LogP contribution >= 0.6 is 38.9 Å². The summed E-state index contributed by atoms with van der Waals surface area (Å²) in [4.78, 5) is 21.4. The summed E-state index contributed by atoms with van der Waals surface area (Å²) in [6.45, 7) is 0. The van der Waals surface area contributed by atoms with Crippen LogP contribution in [0.15, 0.2) is 14.1 Å². The van der Waals surface area contributed by atoms with E-state index in [1.807, 2.05) is 4.72 Å². The molecule has 0 amide bonds. The zero-order chi connectivity index (χ0) is 15.5. The van der Waals surface area contributed by atoms with E-state index in [1.54, 1.807) is 0 Å². The zero-order valence-corrected chi connectivity index (χ0v) is 13.6. The third kappa shape index (κ3) is 4.70. The van der Waals surface area contributed by atoms with Gasteiger partial charge in [-0.2, -0.15) is 4.72 Å². The summed E-state index contributed by atoms with van der Waals surface area (Å²) >= 11 is 9.59. The molecule has 0 aliphatic rings. The first-order valence-corrected chi connectivity index (χ1v) is 8.52. The molecule has 0 aliphatic carbocycles. The van der Waals surface area contributed by atoms with E-state index in [0.717, 1.165) is 11.3 Å². The number of thiophene rings is 1. The number of carboxylic acid groups (broad SMARTS) is 2. The minimum atomic E-state index is -4.07. The summed E-state index contributed by atoms with van der Waals surface area (Å²) in [5.41, 5.74) is 0. The number of carbonyl (C=O) groups is 2. The van der Waals surface area contributed by atoms with Crippen LogP contribution in [-0.4, -0.2) is 36.6 Å². The van der Waals surface area contributed by atoms with E-state index in [4.69, 9.17) is 21.8 Å². The average molecular weight is 407 g/mol. The first-order chi connectivity index (χ1) is 9.13. The van der Waals surface area contributed by atoms with Gasteiger partial charge in [0.05, 0.1) is 8.81 Å². The van der Waals surface area contributed by atoms with Crippen molar-refractivity contribution in [3.8, 4) is 0 Å². The Hall–Kier alpha value is -0.680. The van der Waals surface area contributed by atoms with E-state index in [0.29, 0.717) is 3.79 Å². The van der Waals surface area contributed by atoms with Gasteiger partial charge in [0.2, 0.25) is 0 Å². The molecule has 0 radical (unpaired) electrons. The molecule has 0 spiro atoms. The van der Waals surface area contributed by atoms with Gasteiger partial charge in [0.1, 0.15) is 10.3 Å². The average Bonchev–Trinajstić information content (AvgIpc) is 2.65. The predicted octanol–water partition coefficient (Wildman–Crippen LogP) is 1.76. The fourth-order valence-electron chi connectivity index (χ4n) is 1.21. The quantitative estimate of drug-likeness (QED) is 0.634. The molecule has 7 nitrogen and oxygen atoms in total. The maximum absolute atomic E-state index is 12.0. The number of halogens is 2. The van der Waals surface area contributed by atoms with Crippen molar-refractivity contribution in [2.75, 3.05) is 0 Å². The minimum absolute atomic E-state index is 0.157. The van der Waals surface area contributed by atoms with Gasteiger partial charge < -0.3 is 10.2 Å². The molecule has 112 valence electrons. The van der Waals surface area contributed by atoms with E-state index >= 15 is 0 Å². The van der Waals surface area contributed by atoms with Crippen LogP contribution in [-0.2, 0) is 19.6 Å². The molecule has 20 heavy (non-hydrogen) atoms. The Labute approximate surface area is 131 Å². The van der Waals surface area contributed by atoms with E-state index in [9.17, 15) is 18.0 Å². The molecule has 0 saturated heterocycles. The van der Waals surface area contributed by atoms with E-state index in [-0.39, 0.29) is 15.7 Å². The van der Waals surface area contributed by atoms with E-state index < -0.39 is 34.4 Å². The molecule has 0 aliphatic heterocycles. The summed E-state index contributed by atoms with van der Waals surface area (Å²) in [6.07, 6.45) is -0.821. The van der Waals surface area contributed by atoms with Crippen LogP contribution < -0.4 is 4.72 Å². The Kier molecular flexibility index (Phi) is 5.95. The van der Waals surface area contributed by atoms with Crippen LogP contribution in [0.3, 0.4) is 0 Å². The number of rotatable bonds is 7. The molecule has 0 fully saturated rings. The maximum atomic E-state index is 12.0. The second kappa shape index (κ2) is 6.85. The van der Waals surface area contributed by atoms with Gasteiger partial charge in [-0.25, -0.2) is 8.42 Å². The lowest BCUT2D eigenvalue weighted by Crippen LogP contribution is -2.40. The van der Waals surface area contributed by atoms with Crippen molar-refractivity contribution in [1.29, 1.82) is 0 Å². The van der Waals surface area contributed by atoms with Crippen LogP contribution in [0.4, 0.5) is 0 Å². The first-order valence-electron chi connectivity index (χ1n) is 5.05. The molecule has 1 aromatic rings. The number of aliphatic carboxylic acids is 2. The normalized spacial score (nSPS) is 13.1. The minimum Gasteiger partial charge on any atom is -0.481 e. The van der Waals surface area contributed by atoms with Gasteiger partial charge in [0, 0.05) is 6.42 Å². The van der Waals surface area contributed by atoms with Crippen molar-refractivity contribution < 1.29 is 28.2 Å². The Morgan fingerprint density at radius 1 is 1.45 bits per heavy atom. The number of hydrogen-bond donors (Lipinski definition) is 3. The highest BCUT2D eigenvalue weighted by molar-refractivity contribution is 9.11. The highest BCUT2D eigenvalue weighted by Crippen LogP contribution is 2.34. The van der Waals surface area contributed by atoms with Gasteiger partial charge in [-0.15, -0.1) is 11.3 Å². The SMILES string of the molecule is O=C(O)CCC(NS(=O)(=O)c1cc(Cl)c(Br)s1)C(=O)O. The van der Waals surface area contributed by atoms with Crippen molar-refractivity contribution in [2.45, 2.75) is 23.1 Å². The lowest BCUT2D eigenvalue weighted by atomic mass is 10.2. The van der Waals surface area contributed by atoms with E-state index in [1.165, 1.54) is 6.07 Å². The smallest absolute Gasteiger partial charge is 0.321 e. The van der Waals surface area contributed by atoms with Crippen LogP contribution in [0.1, 0.15) is 12.8 Å². The second-order valence-corrected chi connectivity index (χ2v) is 8.35. The highest BCUT2D eigenvalue weighted by atomic mass is 79.9. The lowest BCUT2D eigenvalue weighted by molar-refractivity contribution is -0.140. The molecule has 1 atom stereocenters. The lowest BCUT2D eigenvalue weighted by Gasteiger charge is -2.12. The Bertz CT molecular complexity index is 609. The largest absolute Gasteiger partial charge is 0.481 e. The Morgan fingerprint density at radius 2 is 2.05 bits per heavy atom. The standard InChI is InChI=1S/C9H9BrClNO6S2/c10-8-4(11)3-7(19-8)20(17,18)12-5(9(15)16)1-2-6(13)14/h3,5,12H,1-2H2,(H,13,14)(H,15,16). The highest BCUT2D eigenvalue weighted by Gasteiger charge is 2.27. The topological polar surface area (TPSA) is 121 Å². The van der Waals surface area contributed by atoms with Gasteiger partial charge in [0.25, 0.3) is 10.0 Å². The van der Waals surface area contributed by atoms with Crippen LogP contribution in [0.2, 0.25) is 5.02 Å². The molecular weight excluding hydrogens is 398 g/mol. The molecule has 0 bridgehead atoms. The van der Waals surface area contributed by atoms with Crippen molar-refractivity contribution >= 4 is 60.8 Å². The number of hydrogen-bond acceptors (Lipinski definition) is 5. The van der Waals surface area contributed by atoms with E-state index in [2.05, 4.69) is 15.9 Å². The third-order valence-electron chi connectivity index (χ3n) is 2.13. The van der Waals surface area contributed by atoms with Crippen LogP contribution in [0, 0.1) is 0 Å². The zero-order valence-electron chi connectivity index (χ0n) is 9.67. The van der Waals surface area contributed by atoms with Crippen LogP contribution in [0.25, 0.3) is 0 Å². The maximum Gasteiger partial charge on any atom is 0.321 e. The summed E-state index contributed by atoms with van der Waals surface area (Å²) < 4.78 is 26.1. The van der Waals surface area contributed by atoms with Gasteiger partial charge in [0.15, 0.2) is 0 Å². The molecule has 3 N–H and O–H groups in total. The van der Waals surface area contributed by atoms with Crippen molar-refractivity contribution in [3.05, 3.63) is 14.9 Å². The second-order valence-electron chi connectivity index (χ2n) is 3.63. The fourth-order valence-corrected chi connectivity index (χ4v) is 4.84. The molecule has 0 aromatic carbocycles. The van der Waals surface area contributed by atoms with Gasteiger partial charge in [-0.3, -0.25) is 9.59 Å². The molecular formula is C9H9BrClNO6S2. The first kappa shape index (κ1) is 17.4. The molecule has 1 aromatic heterocycles. The predicted molar refractivity (Wildman–Crippen MR) is 75.6 cm³/mol.